The van der Waals surface area contributed by atoms with Crippen LogP contribution in [0, 0.1) is 0 Å². The summed E-state index contributed by atoms with van der Waals surface area (Å²) < 4.78 is 0. The summed E-state index contributed by atoms with van der Waals surface area (Å²) in [7, 11) is 2.18. The van der Waals surface area contributed by atoms with Gasteiger partial charge >= 0.3 is 0 Å². The SMILES string of the molecule is CCN(CCC1(NC)CCCCC1)C1CCCC1. The van der Waals surface area contributed by atoms with Crippen molar-refractivity contribution in [3.05, 3.63) is 0 Å². The second kappa shape index (κ2) is 6.91. The Hall–Kier alpha value is -0.0800. The Labute approximate surface area is 114 Å². The monoisotopic (exact) mass is 252 g/mol. The van der Waals surface area contributed by atoms with Gasteiger partial charge in [0.15, 0.2) is 0 Å². The summed E-state index contributed by atoms with van der Waals surface area (Å²) in [5, 5.41) is 3.66. The first-order valence-electron chi connectivity index (χ1n) is 8.22. The van der Waals surface area contributed by atoms with Crippen LogP contribution in [0.25, 0.3) is 0 Å². The molecule has 0 saturated heterocycles. The summed E-state index contributed by atoms with van der Waals surface area (Å²) in [6, 6.07) is 0.896. The highest BCUT2D eigenvalue weighted by molar-refractivity contribution is 4.91. The minimum atomic E-state index is 0.463. The van der Waals surface area contributed by atoms with Crippen LogP contribution in [0.4, 0.5) is 0 Å². The summed E-state index contributed by atoms with van der Waals surface area (Å²) in [6.07, 6.45) is 14.2. The summed E-state index contributed by atoms with van der Waals surface area (Å²) >= 11 is 0. The Morgan fingerprint density at radius 2 is 1.72 bits per heavy atom. The van der Waals surface area contributed by atoms with Crippen LogP contribution in [0.3, 0.4) is 0 Å². The van der Waals surface area contributed by atoms with Crippen molar-refractivity contribution in [3.63, 3.8) is 0 Å². The first-order valence-corrected chi connectivity index (χ1v) is 8.22. The first kappa shape index (κ1) is 14.3. The molecule has 0 aliphatic heterocycles. The third kappa shape index (κ3) is 3.48. The van der Waals surface area contributed by atoms with Crippen molar-refractivity contribution in [2.45, 2.75) is 82.7 Å². The molecular weight excluding hydrogens is 220 g/mol. The van der Waals surface area contributed by atoms with E-state index in [1.807, 2.05) is 0 Å². The Bertz CT molecular complexity index is 227. The average molecular weight is 252 g/mol. The highest BCUT2D eigenvalue weighted by Gasteiger charge is 2.31. The van der Waals surface area contributed by atoms with Gasteiger partial charge in [0.1, 0.15) is 0 Å². The van der Waals surface area contributed by atoms with Gasteiger partial charge in [0, 0.05) is 18.1 Å². The second-order valence-corrected chi connectivity index (χ2v) is 6.41. The van der Waals surface area contributed by atoms with Gasteiger partial charge in [-0.3, -0.25) is 0 Å². The normalized spacial score (nSPS) is 24.8. The Kier molecular flexibility index (Phi) is 5.50. The molecule has 2 saturated carbocycles. The van der Waals surface area contributed by atoms with Crippen LogP contribution in [0.5, 0.6) is 0 Å². The number of rotatable bonds is 6. The van der Waals surface area contributed by atoms with E-state index in [4.69, 9.17) is 0 Å². The minimum absolute atomic E-state index is 0.463. The largest absolute Gasteiger partial charge is 0.314 e. The molecule has 0 atom stereocenters. The van der Waals surface area contributed by atoms with Gasteiger partial charge in [-0.2, -0.15) is 0 Å². The van der Waals surface area contributed by atoms with E-state index in [-0.39, 0.29) is 0 Å². The topological polar surface area (TPSA) is 15.3 Å². The molecule has 2 aliphatic carbocycles. The maximum absolute atomic E-state index is 3.66. The van der Waals surface area contributed by atoms with Crippen molar-refractivity contribution in [1.82, 2.24) is 10.2 Å². The molecule has 0 aromatic heterocycles. The van der Waals surface area contributed by atoms with Gasteiger partial charge in [-0.25, -0.2) is 0 Å². The van der Waals surface area contributed by atoms with E-state index < -0.39 is 0 Å². The van der Waals surface area contributed by atoms with Crippen LogP contribution >= 0.6 is 0 Å². The van der Waals surface area contributed by atoms with E-state index in [1.165, 1.54) is 77.3 Å². The van der Waals surface area contributed by atoms with E-state index in [0.29, 0.717) is 5.54 Å². The lowest BCUT2D eigenvalue weighted by atomic mass is 9.79. The maximum Gasteiger partial charge on any atom is 0.0190 e. The fourth-order valence-electron chi connectivity index (χ4n) is 4.08. The zero-order valence-corrected chi connectivity index (χ0v) is 12.5. The highest BCUT2D eigenvalue weighted by atomic mass is 15.2. The molecule has 0 amide bonds. The lowest BCUT2D eigenvalue weighted by Gasteiger charge is -2.39. The molecule has 0 aromatic carbocycles. The standard InChI is InChI=1S/C16H32N2/c1-3-18(15-9-5-6-10-15)14-13-16(17-2)11-7-4-8-12-16/h15,17H,3-14H2,1-2H3. The molecule has 1 N–H and O–H groups in total. The molecule has 0 bridgehead atoms. The van der Waals surface area contributed by atoms with Crippen molar-refractivity contribution in [3.8, 4) is 0 Å². The second-order valence-electron chi connectivity index (χ2n) is 6.41. The van der Waals surface area contributed by atoms with E-state index >= 15 is 0 Å². The van der Waals surface area contributed by atoms with Crippen LogP contribution in [0.15, 0.2) is 0 Å². The van der Waals surface area contributed by atoms with Crippen molar-refractivity contribution in [1.29, 1.82) is 0 Å². The van der Waals surface area contributed by atoms with Crippen molar-refractivity contribution in [2.24, 2.45) is 0 Å². The molecule has 2 aliphatic rings. The number of nitrogens with one attached hydrogen (secondary N) is 1. The summed E-state index contributed by atoms with van der Waals surface area (Å²) in [4.78, 5) is 2.75. The number of hydrogen-bond acceptors (Lipinski definition) is 2. The molecular formula is C16H32N2. The molecule has 2 rings (SSSR count). The van der Waals surface area contributed by atoms with Crippen LogP contribution in [-0.4, -0.2) is 36.6 Å². The maximum atomic E-state index is 3.66. The number of nitrogens with zero attached hydrogens (tertiary/aromatic N) is 1. The third-order valence-corrected chi connectivity index (χ3v) is 5.47. The fourth-order valence-corrected chi connectivity index (χ4v) is 4.08. The van der Waals surface area contributed by atoms with Crippen LogP contribution in [0.1, 0.15) is 71.1 Å². The van der Waals surface area contributed by atoms with Crippen LogP contribution in [-0.2, 0) is 0 Å². The lowest BCUT2D eigenvalue weighted by molar-refractivity contribution is 0.154. The summed E-state index contributed by atoms with van der Waals surface area (Å²) in [6.45, 7) is 4.89. The smallest absolute Gasteiger partial charge is 0.0190 e. The van der Waals surface area contributed by atoms with Gasteiger partial charge < -0.3 is 10.2 Å². The van der Waals surface area contributed by atoms with E-state index in [1.54, 1.807) is 0 Å². The van der Waals surface area contributed by atoms with E-state index in [2.05, 4.69) is 24.2 Å². The predicted octanol–water partition coefficient (Wildman–Crippen LogP) is 3.56. The number of hydrogen-bond donors (Lipinski definition) is 1. The van der Waals surface area contributed by atoms with Crippen LogP contribution < -0.4 is 5.32 Å². The minimum Gasteiger partial charge on any atom is -0.314 e. The molecule has 0 heterocycles. The van der Waals surface area contributed by atoms with Gasteiger partial charge in [-0.1, -0.05) is 39.0 Å². The summed E-state index contributed by atoms with van der Waals surface area (Å²) in [5.74, 6) is 0. The lowest BCUT2D eigenvalue weighted by Crippen LogP contribution is -2.48. The zero-order valence-electron chi connectivity index (χ0n) is 12.5. The highest BCUT2D eigenvalue weighted by Crippen LogP contribution is 2.32. The van der Waals surface area contributed by atoms with Gasteiger partial charge in [-0.05, 0) is 45.7 Å². The van der Waals surface area contributed by atoms with Gasteiger partial charge in [-0.15, -0.1) is 0 Å². The van der Waals surface area contributed by atoms with Gasteiger partial charge in [0.05, 0.1) is 0 Å². The van der Waals surface area contributed by atoms with E-state index in [9.17, 15) is 0 Å². The fraction of sp³-hybridized carbons (Fsp3) is 1.00. The molecule has 0 unspecified atom stereocenters. The third-order valence-electron chi connectivity index (χ3n) is 5.47. The molecule has 2 nitrogen and oxygen atoms in total. The van der Waals surface area contributed by atoms with Gasteiger partial charge in [0.2, 0.25) is 0 Å². The molecule has 0 radical (unpaired) electrons. The van der Waals surface area contributed by atoms with Crippen molar-refractivity contribution >= 4 is 0 Å². The Morgan fingerprint density at radius 1 is 1.06 bits per heavy atom. The van der Waals surface area contributed by atoms with Crippen molar-refractivity contribution < 1.29 is 0 Å². The van der Waals surface area contributed by atoms with Crippen molar-refractivity contribution in [2.75, 3.05) is 20.1 Å². The van der Waals surface area contributed by atoms with Gasteiger partial charge in [0.25, 0.3) is 0 Å². The quantitative estimate of drug-likeness (QED) is 0.777. The van der Waals surface area contributed by atoms with E-state index in [0.717, 1.165) is 6.04 Å². The molecule has 2 heteroatoms. The Balaban J connectivity index is 1.83. The molecule has 18 heavy (non-hydrogen) atoms. The predicted molar refractivity (Wildman–Crippen MR) is 79.0 cm³/mol. The first-order chi connectivity index (χ1) is 8.79. The molecule has 2 fully saturated rings. The summed E-state index contributed by atoms with van der Waals surface area (Å²) in [5.41, 5.74) is 0.463. The van der Waals surface area contributed by atoms with Crippen LogP contribution in [0.2, 0.25) is 0 Å². The molecule has 0 spiro atoms. The average Bonchev–Trinajstić information content (AvgIpc) is 2.95. The molecule has 0 aromatic rings. The zero-order chi connectivity index (χ0) is 12.8. The molecule has 106 valence electrons. The Morgan fingerprint density at radius 3 is 2.28 bits per heavy atom.